The van der Waals surface area contributed by atoms with Crippen molar-refractivity contribution < 1.29 is 10.2 Å². The Kier molecular flexibility index (Phi) is 4.97. The van der Waals surface area contributed by atoms with E-state index in [9.17, 15) is 10.2 Å². The number of aliphatic hydroxyl groups excluding tert-OH is 1. The molecule has 1 aliphatic carbocycles. The number of phenols is 1. The van der Waals surface area contributed by atoms with E-state index in [1.807, 2.05) is 17.6 Å². The van der Waals surface area contributed by atoms with Crippen LogP contribution in [-0.4, -0.2) is 42.1 Å². The first kappa shape index (κ1) is 18.8. The smallest absolute Gasteiger partial charge is 0.229 e. The summed E-state index contributed by atoms with van der Waals surface area (Å²) in [5.74, 6) is 1.54. The number of nitrogens with one attached hydrogen (secondary N) is 2. The van der Waals surface area contributed by atoms with Crippen molar-refractivity contribution in [3.05, 3.63) is 48.1 Å². The van der Waals surface area contributed by atoms with E-state index in [0.717, 1.165) is 53.1 Å². The van der Waals surface area contributed by atoms with Gasteiger partial charge in [-0.05, 0) is 61.4 Å². The summed E-state index contributed by atoms with van der Waals surface area (Å²) < 4.78 is 2.75. The van der Waals surface area contributed by atoms with Crippen molar-refractivity contribution in [3.63, 3.8) is 0 Å². The van der Waals surface area contributed by atoms with Gasteiger partial charge in [-0.15, -0.1) is 11.3 Å². The lowest BCUT2D eigenvalue weighted by molar-refractivity contribution is 0.126. The molecule has 9 heteroatoms. The normalized spacial score (nSPS) is 19.1. The SMILES string of the molecule is Oc1ccc(-n2cc(Nc3nc(N[C@H]4CC[C@H](O)CC4)c4sccc4n3)cn2)cc1. The van der Waals surface area contributed by atoms with Crippen LogP contribution in [-0.2, 0) is 0 Å². The molecule has 1 saturated carbocycles. The predicted octanol–water partition coefficient (Wildman–Crippen LogP) is 4.04. The van der Waals surface area contributed by atoms with Gasteiger partial charge in [0.15, 0.2) is 0 Å². The highest BCUT2D eigenvalue weighted by atomic mass is 32.1. The van der Waals surface area contributed by atoms with Crippen molar-refractivity contribution in [3.8, 4) is 11.4 Å². The summed E-state index contributed by atoms with van der Waals surface area (Å²) in [4.78, 5) is 9.35. The highest BCUT2D eigenvalue weighted by Gasteiger charge is 2.21. The van der Waals surface area contributed by atoms with Gasteiger partial charge in [-0.2, -0.15) is 10.1 Å². The molecule has 1 aliphatic rings. The maximum Gasteiger partial charge on any atom is 0.229 e. The van der Waals surface area contributed by atoms with E-state index in [4.69, 9.17) is 4.98 Å². The average molecular weight is 423 g/mol. The zero-order valence-electron chi connectivity index (χ0n) is 16.2. The summed E-state index contributed by atoms with van der Waals surface area (Å²) >= 11 is 1.62. The molecule has 0 aliphatic heterocycles. The molecule has 0 saturated heterocycles. The molecular formula is C21H22N6O2S. The number of hydrogen-bond acceptors (Lipinski definition) is 8. The lowest BCUT2D eigenvalue weighted by atomic mass is 9.93. The second-order valence-corrected chi connectivity index (χ2v) is 8.41. The fourth-order valence-electron chi connectivity index (χ4n) is 3.69. The van der Waals surface area contributed by atoms with E-state index < -0.39 is 0 Å². The predicted molar refractivity (Wildman–Crippen MR) is 118 cm³/mol. The summed E-state index contributed by atoms with van der Waals surface area (Å²) in [5.41, 5.74) is 2.50. The number of aromatic nitrogens is 4. The molecule has 154 valence electrons. The van der Waals surface area contributed by atoms with Gasteiger partial charge in [-0.25, -0.2) is 9.67 Å². The van der Waals surface area contributed by atoms with Gasteiger partial charge >= 0.3 is 0 Å². The molecule has 0 spiro atoms. The lowest BCUT2D eigenvalue weighted by Gasteiger charge is -2.26. The van der Waals surface area contributed by atoms with E-state index in [0.29, 0.717) is 12.0 Å². The van der Waals surface area contributed by atoms with Crippen LogP contribution in [0.15, 0.2) is 48.1 Å². The third kappa shape index (κ3) is 3.94. The topological polar surface area (TPSA) is 108 Å². The first-order valence-electron chi connectivity index (χ1n) is 9.95. The Hall–Kier alpha value is -3.17. The molecule has 0 atom stereocenters. The fourth-order valence-corrected chi connectivity index (χ4v) is 4.48. The zero-order valence-corrected chi connectivity index (χ0v) is 17.0. The summed E-state index contributed by atoms with van der Waals surface area (Å²) in [7, 11) is 0. The number of aliphatic hydroxyl groups is 1. The number of fused-ring (bicyclic) bond motifs is 1. The second-order valence-electron chi connectivity index (χ2n) is 7.50. The Bertz CT molecular complexity index is 1150. The van der Waals surface area contributed by atoms with Gasteiger partial charge in [-0.3, -0.25) is 0 Å². The summed E-state index contributed by atoms with van der Waals surface area (Å²) in [6, 6.07) is 9.13. The summed E-state index contributed by atoms with van der Waals surface area (Å²) in [6.07, 6.45) is 6.88. The maximum absolute atomic E-state index is 9.76. The lowest BCUT2D eigenvalue weighted by Crippen LogP contribution is -2.28. The summed E-state index contributed by atoms with van der Waals surface area (Å²) in [6.45, 7) is 0. The first-order valence-corrected chi connectivity index (χ1v) is 10.8. The molecule has 30 heavy (non-hydrogen) atoms. The van der Waals surface area contributed by atoms with Crippen molar-refractivity contribution in [1.29, 1.82) is 0 Å². The highest BCUT2D eigenvalue weighted by molar-refractivity contribution is 7.17. The number of anilines is 3. The molecule has 0 bridgehead atoms. The van der Waals surface area contributed by atoms with Crippen molar-refractivity contribution in [2.75, 3.05) is 10.6 Å². The highest BCUT2D eigenvalue weighted by Crippen LogP contribution is 2.31. The minimum absolute atomic E-state index is 0.183. The van der Waals surface area contributed by atoms with Crippen LogP contribution in [0.5, 0.6) is 5.75 Å². The number of nitrogens with zero attached hydrogens (tertiary/aromatic N) is 4. The molecular weight excluding hydrogens is 400 g/mol. The van der Waals surface area contributed by atoms with E-state index in [1.165, 1.54) is 0 Å². The van der Waals surface area contributed by atoms with Crippen LogP contribution in [0.2, 0.25) is 0 Å². The maximum atomic E-state index is 9.76. The molecule has 0 amide bonds. The second kappa shape index (κ2) is 7.92. The van der Waals surface area contributed by atoms with Crippen LogP contribution in [0.4, 0.5) is 17.5 Å². The van der Waals surface area contributed by atoms with E-state index >= 15 is 0 Å². The molecule has 0 radical (unpaired) electrons. The Labute approximate surface area is 177 Å². The third-order valence-corrected chi connectivity index (χ3v) is 6.20. The van der Waals surface area contributed by atoms with Crippen LogP contribution in [0, 0.1) is 0 Å². The monoisotopic (exact) mass is 422 g/mol. The largest absolute Gasteiger partial charge is 0.508 e. The van der Waals surface area contributed by atoms with Crippen LogP contribution < -0.4 is 10.6 Å². The third-order valence-electron chi connectivity index (χ3n) is 5.29. The standard InChI is InChI=1S/C21H22N6O2S/c28-16-5-1-13(2-6-16)23-20-19-18(9-10-30-19)25-21(26-20)24-14-11-22-27(12-14)15-3-7-17(29)8-4-15/h3-4,7-13,16,28-29H,1-2,5-6H2,(H2,23,24,25,26)/t13-,16-. The minimum atomic E-state index is -0.183. The average Bonchev–Trinajstić information content (AvgIpc) is 3.40. The van der Waals surface area contributed by atoms with Gasteiger partial charge in [-0.1, -0.05) is 0 Å². The number of aromatic hydroxyl groups is 1. The number of rotatable bonds is 5. The Morgan fingerprint density at radius 2 is 1.83 bits per heavy atom. The van der Waals surface area contributed by atoms with E-state index in [-0.39, 0.29) is 11.9 Å². The molecule has 1 fully saturated rings. The Morgan fingerprint density at radius 3 is 2.63 bits per heavy atom. The quantitative estimate of drug-likeness (QED) is 0.384. The van der Waals surface area contributed by atoms with Crippen molar-refractivity contribution in [1.82, 2.24) is 19.7 Å². The van der Waals surface area contributed by atoms with Crippen LogP contribution in [0.1, 0.15) is 25.7 Å². The number of phenolic OH excluding ortho intramolecular Hbond substituents is 1. The molecule has 1 aromatic carbocycles. The molecule has 4 aromatic rings. The van der Waals surface area contributed by atoms with Crippen molar-refractivity contribution in [2.45, 2.75) is 37.8 Å². The van der Waals surface area contributed by atoms with Crippen LogP contribution in [0.3, 0.4) is 0 Å². The van der Waals surface area contributed by atoms with Crippen LogP contribution in [0.25, 0.3) is 15.9 Å². The number of hydrogen-bond donors (Lipinski definition) is 4. The number of benzene rings is 1. The Balaban J connectivity index is 1.38. The molecule has 3 heterocycles. The van der Waals surface area contributed by atoms with Gasteiger partial charge in [0, 0.05) is 6.04 Å². The van der Waals surface area contributed by atoms with Crippen molar-refractivity contribution in [2.24, 2.45) is 0 Å². The van der Waals surface area contributed by atoms with Crippen molar-refractivity contribution >= 4 is 39.0 Å². The van der Waals surface area contributed by atoms with E-state index in [1.54, 1.807) is 46.5 Å². The Morgan fingerprint density at radius 1 is 1.03 bits per heavy atom. The van der Waals surface area contributed by atoms with E-state index in [2.05, 4.69) is 20.7 Å². The summed E-state index contributed by atoms with van der Waals surface area (Å²) in [5, 5.41) is 32.4. The van der Waals surface area contributed by atoms with Gasteiger partial charge in [0.05, 0.1) is 40.1 Å². The molecule has 8 nitrogen and oxygen atoms in total. The van der Waals surface area contributed by atoms with Gasteiger partial charge in [0.25, 0.3) is 0 Å². The molecule has 0 unspecified atom stereocenters. The van der Waals surface area contributed by atoms with Crippen LogP contribution >= 0.6 is 11.3 Å². The molecule has 4 N–H and O–H groups in total. The fraction of sp³-hybridized carbons (Fsp3) is 0.286. The molecule has 3 aromatic heterocycles. The van der Waals surface area contributed by atoms with Gasteiger partial charge < -0.3 is 20.8 Å². The zero-order chi connectivity index (χ0) is 20.5. The molecule has 5 rings (SSSR count). The first-order chi connectivity index (χ1) is 14.6. The van der Waals surface area contributed by atoms with Gasteiger partial charge in [0.2, 0.25) is 5.95 Å². The number of thiophene rings is 1. The minimum Gasteiger partial charge on any atom is -0.508 e. The van der Waals surface area contributed by atoms with Gasteiger partial charge in [0.1, 0.15) is 11.6 Å².